The maximum absolute atomic E-state index is 11.1. The van der Waals surface area contributed by atoms with Crippen molar-refractivity contribution >= 4 is 12.0 Å². The minimum Gasteiger partial charge on any atom is -0.480 e. The van der Waals surface area contributed by atoms with Crippen LogP contribution < -0.4 is 10.6 Å². The van der Waals surface area contributed by atoms with Crippen LogP contribution in [0.1, 0.15) is 26.7 Å². The molecule has 0 aromatic carbocycles. The highest BCUT2D eigenvalue weighted by Crippen LogP contribution is 2.33. The quantitative estimate of drug-likeness (QED) is 0.593. The first kappa shape index (κ1) is 9.83. The molecule has 1 fully saturated rings. The third-order valence-electron chi connectivity index (χ3n) is 2.13. The predicted octanol–water partition coefficient (Wildman–Crippen LogP) is 0.311. The van der Waals surface area contributed by atoms with Crippen molar-refractivity contribution in [3.05, 3.63) is 0 Å². The highest BCUT2D eigenvalue weighted by molar-refractivity contribution is 5.82. The molecule has 5 nitrogen and oxygen atoms in total. The van der Waals surface area contributed by atoms with E-state index in [0.29, 0.717) is 0 Å². The van der Waals surface area contributed by atoms with Gasteiger partial charge in [0.15, 0.2) is 0 Å². The average Bonchev–Trinajstić information content (AvgIpc) is 2.66. The fourth-order valence-corrected chi connectivity index (χ4v) is 0.881. The number of carboxylic acids is 1. The summed E-state index contributed by atoms with van der Waals surface area (Å²) in [7, 11) is 0. The van der Waals surface area contributed by atoms with E-state index >= 15 is 0 Å². The molecule has 5 heteroatoms. The van der Waals surface area contributed by atoms with Gasteiger partial charge in [0.1, 0.15) is 6.04 Å². The van der Waals surface area contributed by atoms with Crippen molar-refractivity contribution in [2.75, 3.05) is 0 Å². The summed E-state index contributed by atoms with van der Waals surface area (Å²) in [6, 6.07) is -1.25. The molecule has 0 aromatic rings. The van der Waals surface area contributed by atoms with E-state index in [-0.39, 0.29) is 5.54 Å². The fraction of sp³-hybridized carbons (Fsp3) is 0.750. The van der Waals surface area contributed by atoms with E-state index in [1.165, 1.54) is 6.92 Å². The monoisotopic (exact) mass is 186 g/mol. The van der Waals surface area contributed by atoms with Crippen molar-refractivity contribution < 1.29 is 14.7 Å². The molecule has 0 aromatic heterocycles. The summed E-state index contributed by atoms with van der Waals surface area (Å²) in [5.74, 6) is -1.03. The molecule has 2 amide bonds. The molecule has 1 saturated carbocycles. The van der Waals surface area contributed by atoms with Gasteiger partial charge in [-0.15, -0.1) is 0 Å². The number of carbonyl (C=O) groups excluding carboxylic acids is 1. The SMILES string of the molecule is C[C@@H](NC(=O)NC1(C)CC1)C(=O)O. The van der Waals surface area contributed by atoms with Crippen LogP contribution in [0.15, 0.2) is 0 Å². The van der Waals surface area contributed by atoms with Crippen LogP contribution in [0.2, 0.25) is 0 Å². The molecule has 1 aliphatic rings. The summed E-state index contributed by atoms with van der Waals surface area (Å²) in [4.78, 5) is 21.5. The summed E-state index contributed by atoms with van der Waals surface area (Å²) in [5, 5.41) is 13.5. The fourth-order valence-electron chi connectivity index (χ4n) is 0.881. The van der Waals surface area contributed by atoms with Crippen LogP contribution in [0.3, 0.4) is 0 Å². The molecule has 1 rings (SSSR count). The molecule has 0 aliphatic heterocycles. The summed E-state index contributed by atoms with van der Waals surface area (Å²) in [6.45, 7) is 3.36. The Kier molecular flexibility index (Phi) is 2.45. The molecule has 0 spiro atoms. The average molecular weight is 186 g/mol. The van der Waals surface area contributed by atoms with Crippen molar-refractivity contribution in [2.45, 2.75) is 38.3 Å². The number of rotatable bonds is 3. The first-order valence-electron chi connectivity index (χ1n) is 4.24. The van der Waals surface area contributed by atoms with Crippen molar-refractivity contribution in [1.82, 2.24) is 10.6 Å². The van der Waals surface area contributed by atoms with Crippen LogP contribution in [0.4, 0.5) is 4.79 Å². The number of urea groups is 1. The number of hydrogen-bond donors (Lipinski definition) is 3. The van der Waals surface area contributed by atoms with Crippen LogP contribution in [0, 0.1) is 0 Å². The minimum absolute atomic E-state index is 0.109. The Hall–Kier alpha value is -1.26. The third-order valence-corrected chi connectivity index (χ3v) is 2.13. The summed E-state index contributed by atoms with van der Waals surface area (Å²) in [6.07, 6.45) is 1.92. The second-order valence-electron chi connectivity index (χ2n) is 3.72. The van der Waals surface area contributed by atoms with Gasteiger partial charge in [0, 0.05) is 5.54 Å². The molecular formula is C8H14N2O3. The van der Waals surface area contributed by atoms with Gasteiger partial charge in [-0.2, -0.15) is 0 Å². The van der Waals surface area contributed by atoms with E-state index in [1.807, 2.05) is 6.92 Å². The van der Waals surface area contributed by atoms with Gasteiger partial charge in [-0.3, -0.25) is 4.79 Å². The first-order valence-corrected chi connectivity index (χ1v) is 4.24. The molecule has 74 valence electrons. The Morgan fingerprint density at radius 1 is 1.46 bits per heavy atom. The Morgan fingerprint density at radius 3 is 2.38 bits per heavy atom. The summed E-state index contributed by atoms with van der Waals surface area (Å²) >= 11 is 0. The molecule has 1 aliphatic carbocycles. The van der Waals surface area contributed by atoms with Gasteiger partial charge < -0.3 is 15.7 Å². The Balaban J connectivity index is 2.28. The highest BCUT2D eigenvalue weighted by atomic mass is 16.4. The maximum Gasteiger partial charge on any atom is 0.325 e. The van der Waals surface area contributed by atoms with Crippen LogP contribution in [0.25, 0.3) is 0 Å². The van der Waals surface area contributed by atoms with Gasteiger partial charge in [-0.25, -0.2) is 4.79 Å². The van der Waals surface area contributed by atoms with Gasteiger partial charge in [0.2, 0.25) is 0 Å². The third kappa shape index (κ3) is 2.93. The first-order chi connectivity index (χ1) is 5.93. The minimum atomic E-state index is -1.03. The standard InChI is InChI=1S/C8H14N2O3/c1-5(6(11)12)9-7(13)10-8(2)3-4-8/h5H,3-4H2,1-2H3,(H,11,12)(H2,9,10,13)/t5-/m1/s1. The van der Waals surface area contributed by atoms with E-state index in [4.69, 9.17) is 5.11 Å². The smallest absolute Gasteiger partial charge is 0.325 e. The number of nitrogens with one attached hydrogen (secondary N) is 2. The van der Waals surface area contributed by atoms with E-state index in [1.54, 1.807) is 0 Å². The molecule has 13 heavy (non-hydrogen) atoms. The highest BCUT2D eigenvalue weighted by Gasteiger charge is 2.38. The lowest BCUT2D eigenvalue weighted by Gasteiger charge is -2.14. The van der Waals surface area contributed by atoms with Gasteiger partial charge >= 0.3 is 12.0 Å². The van der Waals surface area contributed by atoms with Crippen molar-refractivity contribution in [2.24, 2.45) is 0 Å². The molecule has 0 radical (unpaired) electrons. The van der Waals surface area contributed by atoms with Crippen LogP contribution >= 0.6 is 0 Å². The van der Waals surface area contributed by atoms with E-state index in [2.05, 4.69) is 10.6 Å². The van der Waals surface area contributed by atoms with Crippen LogP contribution in [0.5, 0.6) is 0 Å². The summed E-state index contributed by atoms with van der Waals surface area (Å²) in [5.41, 5.74) is -0.109. The van der Waals surface area contributed by atoms with Crippen molar-refractivity contribution in [3.63, 3.8) is 0 Å². The number of carbonyl (C=O) groups is 2. The van der Waals surface area contributed by atoms with Crippen molar-refractivity contribution in [3.8, 4) is 0 Å². The Bertz CT molecular complexity index is 236. The Morgan fingerprint density at radius 2 is 2.00 bits per heavy atom. The Labute approximate surface area is 76.5 Å². The van der Waals surface area contributed by atoms with Gasteiger partial charge in [-0.1, -0.05) is 0 Å². The number of hydrogen-bond acceptors (Lipinski definition) is 2. The lowest BCUT2D eigenvalue weighted by atomic mass is 10.3. The lowest BCUT2D eigenvalue weighted by Crippen LogP contribution is -2.47. The maximum atomic E-state index is 11.1. The van der Waals surface area contributed by atoms with E-state index < -0.39 is 18.0 Å². The second kappa shape index (κ2) is 3.24. The molecule has 0 unspecified atom stereocenters. The molecule has 3 N–H and O–H groups in total. The van der Waals surface area contributed by atoms with Crippen LogP contribution in [-0.2, 0) is 4.79 Å². The molecule has 0 heterocycles. The van der Waals surface area contributed by atoms with Gasteiger partial charge in [0.25, 0.3) is 0 Å². The van der Waals surface area contributed by atoms with Crippen molar-refractivity contribution in [1.29, 1.82) is 0 Å². The zero-order valence-corrected chi connectivity index (χ0v) is 7.76. The van der Waals surface area contributed by atoms with E-state index in [0.717, 1.165) is 12.8 Å². The number of amides is 2. The normalized spacial score (nSPS) is 20.2. The van der Waals surface area contributed by atoms with E-state index in [9.17, 15) is 9.59 Å². The summed E-state index contributed by atoms with van der Waals surface area (Å²) < 4.78 is 0. The zero-order chi connectivity index (χ0) is 10.1. The van der Waals surface area contributed by atoms with Crippen LogP contribution in [-0.4, -0.2) is 28.7 Å². The van der Waals surface area contributed by atoms with Gasteiger partial charge in [-0.05, 0) is 26.7 Å². The number of carboxylic acid groups (broad SMARTS) is 1. The molecule has 0 bridgehead atoms. The largest absolute Gasteiger partial charge is 0.480 e. The topological polar surface area (TPSA) is 78.4 Å². The molecule has 1 atom stereocenters. The molecule has 0 saturated heterocycles. The van der Waals surface area contributed by atoms with Gasteiger partial charge in [0.05, 0.1) is 0 Å². The second-order valence-corrected chi connectivity index (χ2v) is 3.72. The molecular weight excluding hydrogens is 172 g/mol. The number of aliphatic carboxylic acids is 1. The predicted molar refractivity (Wildman–Crippen MR) is 46.4 cm³/mol. The lowest BCUT2D eigenvalue weighted by molar-refractivity contribution is -0.138. The zero-order valence-electron chi connectivity index (χ0n) is 7.76.